The van der Waals surface area contributed by atoms with Crippen LogP contribution in [0.3, 0.4) is 0 Å². The molecule has 0 bridgehead atoms. The van der Waals surface area contributed by atoms with Crippen LogP contribution in [0.15, 0.2) is 86.0 Å². The number of ether oxygens (including phenoxy) is 3. The lowest BCUT2D eigenvalue weighted by molar-refractivity contribution is -0.153. The molecule has 2 aromatic rings. The number of carbonyl (C=O) groups is 4. The number of amides is 2. The summed E-state index contributed by atoms with van der Waals surface area (Å²) in [5, 5.41) is 26.5. The van der Waals surface area contributed by atoms with Crippen molar-refractivity contribution in [2.45, 2.75) is 140 Å². The second kappa shape index (κ2) is 31.7. The summed E-state index contributed by atoms with van der Waals surface area (Å²) in [4.78, 5) is 51.6. The molecule has 4 atom stereocenters. The Balaban J connectivity index is 1.75. The molecule has 0 saturated carbocycles. The van der Waals surface area contributed by atoms with Crippen molar-refractivity contribution >= 4 is 23.8 Å². The Bertz CT molecular complexity index is 1300. The van der Waals surface area contributed by atoms with Crippen LogP contribution in [-0.4, -0.2) is 84.7 Å². The zero-order chi connectivity index (χ0) is 41.4. The molecule has 0 aliphatic heterocycles. The molecule has 0 aliphatic carbocycles. The zero-order valence-electron chi connectivity index (χ0n) is 34.0. The number of aliphatic hydroxyl groups excluding tert-OH is 2. The van der Waals surface area contributed by atoms with Crippen LogP contribution in [0, 0.1) is 0 Å². The second-order valence-corrected chi connectivity index (χ2v) is 14.6. The van der Waals surface area contributed by atoms with Crippen LogP contribution in [0.2, 0.25) is 0 Å². The second-order valence-electron chi connectivity index (χ2n) is 14.6. The number of nitrogens with one attached hydrogen (secondary N) is 2. The molecule has 0 aliphatic rings. The molecule has 0 spiro atoms. The smallest absolute Gasteiger partial charge is 0.329 e. The van der Waals surface area contributed by atoms with E-state index in [1.165, 1.54) is 0 Å². The fourth-order valence-corrected chi connectivity index (χ4v) is 6.18. The van der Waals surface area contributed by atoms with Gasteiger partial charge in [-0.25, -0.2) is 9.59 Å². The summed E-state index contributed by atoms with van der Waals surface area (Å²) in [6.45, 7) is 6.20. The quantitative estimate of drug-likeness (QED) is 0.0337. The molecule has 11 nitrogen and oxygen atoms in total. The molecule has 0 radical (unpaired) electrons. The molecular weight excluding hydrogens is 725 g/mol. The largest absolute Gasteiger partial charge is 0.461 e. The summed E-state index contributed by atoms with van der Waals surface area (Å²) in [6, 6.07) is 16.7. The topological polar surface area (TPSA) is 160 Å². The molecule has 2 rings (SSSR count). The summed E-state index contributed by atoms with van der Waals surface area (Å²) in [5.41, 5.74) is 1.70. The van der Waals surface area contributed by atoms with Crippen LogP contribution in [0.1, 0.15) is 114 Å². The van der Waals surface area contributed by atoms with E-state index in [2.05, 4.69) is 23.8 Å². The van der Waals surface area contributed by atoms with Gasteiger partial charge in [0.15, 0.2) is 0 Å². The van der Waals surface area contributed by atoms with E-state index in [1.54, 1.807) is 0 Å². The first-order valence-corrected chi connectivity index (χ1v) is 20.9. The van der Waals surface area contributed by atoms with Crippen LogP contribution < -0.4 is 10.6 Å². The van der Waals surface area contributed by atoms with Gasteiger partial charge in [-0.1, -0.05) is 124 Å². The van der Waals surface area contributed by atoms with Crippen molar-refractivity contribution in [3.63, 3.8) is 0 Å². The van der Waals surface area contributed by atoms with E-state index in [0.717, 1.165) is 101 Å². The Hall–Kier alpha value is -4.32. The third kappa shape index (κ3) is 24.8. The van der Waals surface area contributed by atoms with Gasteiger partial charge in [-0.3, -0.25) is 9.59 Å². The molecule has 0 aromatic heterocycles. The maximum atomic E-state index is 13.1. The lowest BCUT2D eigenvalue weighted by atomic mass is 10.0. The minimum absolute atomic E-state index is 0.233. The van der Waals surface area contributed by atoms with Crippen molar-refractivity contribution in [2.75, 3.05) is 26.4 Å². The maximum absolute atomic E-state index is 13.1. The van der Waals surface area contributed by atoms with Gasteiger partial charge in [-0.05, 0) is 49.7 Å². The Morgan fingerprint density at radius 2 is 0.877 bits per heavy atom. The van der Waals surface area contributed by atoms with Gasteiger partial charge in [0.1, 0.15) is 37.5 Å². The molecular formula is C46H68N2O9. The van der Waals surface area contributed by atoms with E-state index < -0.39 is 36.2 Å². The van der Waals surface area contributed by atoms with Crippen LogP contribution in [0.25, 0.3) is 0 Å². The van der Waals surface area contributed by atoms with Crippen LogP contribution in [0.5, 0.6) is 0 Å². The lowest BCUT2D eigenvalue weighted by Gasteiger charge is -2.20. The van der Waals surface area contributed by atoms with Crippen molar-refractivity contribution in [2.24, 2.45) is 0 Å². The Morgan fingerprint density at radius 3 is 1.25 bits per heavy atom. The molecule has 4 N–H and O–H groups in total. The SMILES string of the molecule is C=CCCCCCCCCC(=O)NC(Cc1ccccc1)C(=O)OCC(O)COCC(O)COC(=O)C(Cc1ccccc1)NC(=O)CCCCCCCCC=C. The van der Waals surface area contributed by atoms with E-state index in [9.17, 15) is 29.4 Å². The number of hydrogen-bond acceptors (Lipinski definition) is 9. The highest BCUT2D eigenvalue weighted by molar-refractivity contribution is 5.85. The Labute approximate surface area is 340 Å². The standard InChI is InChI=1S/C46H68N2O9/c1-3-5-7-9-11-13-15-23-29-43(51)47-41(31-37-25-19-17-20-26-37)45(53)56-35-39(49)33-55-34-40(50)36-57-46(54)42(32-38-27-21-18-22-28-38)48-44(52)30-24-16-14-12-10-8-6-4-2/h3-4,17-22,25-28,39-42,49-50H,1-2,5-16,23-24,29-36H2,(H,47,51)(H,48,52). The molecule has 0 saturated heterocycles. The molecule has 4 unspecified atom stereocenters. The Kier molecular flexibility index (Phi) is 27.2. The van der Waals surface area contributed by atoms with Crippen LogP contribution in [0.4, 0.5) is 0 Å². The van der Waals surface area contributed by atoms with Crippen molar-refractivity contribution < 1.29 is 43.6 Å². The highest BCUT2D eigenvalue weighted by Gasteiger charge is 2.25. The number of unbranched alkanes of at least 4 members (excludes halogenated alkanes) is 12. The number of benzene rings is 2. The number of rotatable bonds is 34. The van der Waals surface area contributed by atoms with Crippen molar-refractivity contribution in [1.82, 2.24) is 10.6 Å². The summed E-state index contributed by atoms with van der Waals surface area (Å²) < 4.78 is 16.1. The third-order valence-electron chi connectivity index (χ3n) is 9.39. The number of esters is 2. The Morgan fingerprint density at radius 1 is 0.526 bits per heavy atom. The van der Waals surface area contributed by atoms with Crippen LogP contribution in [-0.2, 0) is 46.2 Å². The van der Waals surface area contributed by atoms with E-state index in [-0.39, 0.29) is 51.1 Å². The van der Waals surface area contributed by atoms with E-state index >= 15 is 0 Å². The zero-order valence-corrected chi connectivity index (χ0v) is 34.0. The van der Waals surface area contributed by atoms with E-state index in [4.69, 9.17) is 14.2 Å². The van der Waals surface area contributed by atoms with Gasteiger partial charge in [0, 0.05) is 25.7 Å². The molecule has 316 valence electrons. The number of aliphatic hydroxyl groups is 2. The molecule has 0 fully saturated rings. The first-order chi connectivity index (χ1) is 27.7. The summed E-state index contributed by atoms with van der Waals surface area (Å²) in [5.74, 6) is -1.81. The minimum atomic E-state index is -1.20. The lowest BCUT2D eigenvalue weighted by Crippen LogP contribution is -2.44. The molecule has 57 heavy (non-hydrogen) atoms. The number of hydrogen-bond donors (Lipinski definition) is 4. The average Bonchev–Trinajstić information content (AvgIpc) is 3.21. The summed E-state index contributed by atoms with van der Waals surface area (Å²) >= 11 is 0. The molecule has 2 amide bonds. The van der Waals surface area contributed by atoms with Crippen LogP contribution >= 0.6 is 0 Å². The predicted molar refractivity (Wildman–Crippen MR) is 223 cm³/mol. The summed E-state index contributed by atoms with van der Waals surface area (Å²) in [6.07, 6.45) is 16.8. The minimum Gasteiger partial charge on any atom is -0.461 e. The van der Waals surface area contributed by atoms with Gasteiger partial charge >= 0.3 is 11.9 Å². The van der Waals surface area contributed by atoms with Crippen molar-refractivity contribution in [3.05, 3.63) is 97.1 Å². The third-order valence-corrected chi connectivity index (χ3v) is 9.39. The van der Waals surface area contributed by atoms with Crippen molar-refractivity contribution in [1.29, 1.82) is 0 Å². The van der Waals surface area contributed by atoms with Gasteiger partial charge in [0.25, 0.3) is 0 Å². The van der Waals surface area contributed by atoms with Gasteiger partial charge in [-0.2, -0.15) is 0 Å². The van der Waals surface area contributed by atoms with Gasteiger partial charge in [0.2, 0.25) is 11.8 Å². The van der Waals surface area contributed by atoms with E-state index in [0.29, 0.717) is 12.8 Å². The predicted octanol–water partition coefficient (Wildman–Crippen LogP) is 6.88. The van der Waals surface area contributed by atoms with Gasteiger partial charge < -0.3 is 35.1 Å². The van der Waals surface area contributed by atoms with Gasteiger partial charge in [0.05, 0.1) is 13.2 Å². The summed E-state index contributed by atoms with van der Waals surface area (Å²) in [7, 11) is 0. The molecule has 11 heteroatoms. The van der Waals surface area contributed by atoms with Gasteiger partial charge in [-0.15, -0.1) is 13.2 Å². The monoisotopic (exact) mass is 792 g/mol. The molecule has 2 aromatic carbocycles. The number of allylic oxidation sites excluding steroid dienone is 2. The highest BCUT2D eigenvalue weighted by atomic mass is 16.6. The first kappa shape index (κ1) is 48.8. The number of carbonyl (C=O) groups excluding carboxylic acids is 4. The fraction of sp³-hybridized carbons (Fsp3) is 0.565. The fourth-order valence-electron chi connectivity index (χ4n) is 6.18. The highest BCUT2D eigenvalue weighted by Crippen LogP contribution is 2.12. The van der Waals surface area contributed by atoms with Crippen molar-refractivity contribution in [3.8, 4) is 0 Å². The molecule has 0 heterocycles. The average molecular weight is 793 g/mol. The normalized spacial score (nSPS) is 13.1. The maximum Gasteiger partial charge on any atom is 0.329 e. The first-order valence-electron chi connectivity index (χ1n) is 20.9. The van der Waals surface area contributed by atoms with E-state index in [1.807, 2.05) is 72.8 Å².